The van der Waals surface area contributed by atoms with Crippen molar-refractivity contribution in [2.24, 2.45) is 0 Å². The lowest BCUT2D eigenvalue weighted by Crippen LogP contribution is -2.25. The number of pyridine rings is 1. The van der Waals surface area contributed by atoms with Crippen molar-refractivity contribution in [3.63, 3.8) is 0 Å². The maximum Gasteiger partial charge on any atom is 0.574 e. The molecule has 18 heavy (non-hydrogen) atoms. The van der Waals surface area contributed by atoms with Gasteiger partial charge in [-0.2, -0.15) is 0 Å². The first-order valence-electron chi connectivity index (χ1n) is 4.44. The molecule has 1 heterocycles. The standard InChI is InChI=1S/C9H7F4NO4/c1-17-8(16)6-5(15)2-4(3-10)14-7(6)18-9(11,12)13/h2H,3H2,1H3,(H,14,15). The van der Waals surface area contributed by atoms with Crippen molar-refractivity contribution in [2.45, 2.75) is 13.0 Å². The average molecular weight is 269 g/mol. The lowest BCUT2D eigenvalue weighted by molar-refractivity contribution is -0.276. The van der Waals surface area contributed by atoms with E-state index >= 15 is 0 Å². The number of esters is 1. The number of aromatic nitrogens is 1. The van der Waals surface area contributed by atoms with Gasteiger partial charge in [-0.3, -0.25) is 4.79 Å². The van der Waals surface area contributed by atoms with Crippen molar-refractivity contribution in [3.05, 3.63) is 27.5 Å². The van der Waals surface area contributed by atoms with Crippen molar-refractivity contribution in [2.75, 3.05) is 7.11 Å². The van der Waals surface area contributed by atoms with Gasteiger partial charge in [-0.15, -0.1) is 13.2 Å². The number of ether oxygens (including phenoxy) is 2. The van der Waals surface area contributed by atoms with Crippen LogP contribution in [-0.2, 0) is 11.4 Å². The summed E-state index contributed by atoms with van der Waals surface area (Å²) in [5.74, 6) is -2.52. The van der Waals surface area contributed by atoms with E-state index in [0.29, 0.717) is 6.07 Å². The summed E-state index contributed by atoms with van der Waals surface area (Å²) in [5.41, 5.74) is -2.56. The molecule has 100 valence electrons. The first-order valence-corrected chi connectivity index (χ1v) is 4.44. The molecule has 0 atom stereocenters. The molecule has 0 fully saturated rings. The Morgan fingerprint density at radius 1 is 1.44 bits per heavy atom. The topological polar surface area (TPSA) is 68.4 Å². The number of rotatable bonds is 3. The summed E-state index contributed by atoms with van der Waals surface area (Å²) in [4.78, 5) is 24.4. The third kappa shape index (κ3) is 3.22. The number of alkyl halides is 4. The summed E-state index contributed by atoms with van der Waals surface area (Å²) < 4.78 is 56.1. The maximum atomic E-state index is 12.3. The van der Waals surface area contributed by atoms with Crippen molar-refractivity contribution in [1.29, 1.82) is 0 Å². The van der Waals surface area contributed by atoms with Gasteiger partial charge in [0.15, 0.2) is 11.0 Å². The molecular weight excluding hydrogens is 262 g/mol. The predicted molar refractivity (Wildman–Crippen MR) is 49.9 cm³/mol. The average Bonchev–Trinajstić information content (AvgIpc) is 2.25. The van der Waals surface area contributed by atoms with Crippen LogP contribution in [0.4, 0.5) is 17.6 Å². The van der Waals surface area contributed by atoms with Crippen LogP contribution in [0.2, 0.25) is 0 Å². The van der Waals surface area contributed by atoms with Crippen molar-refractivity contribution >= 4 is 5.97 Å². The third-order valence-electron chi connectivity index (χ3n) is 1.80. The summed E-state index contributed by atoms with van der Waals surface area (Å²) in [7, 11) is 0.877. The van der Waals surface area contributed by atoms with Gasteiger partial charge in [-0.25, -0.2) is 9.18 Å². The Hall–Kier alpha value is -2.06. The number of hydrogen-bond donors (Lipinski definition) is 1. The van der Waals surface area contributed by atoms with Gasteiger partial charge in [0.2, 0.25) is 5.88 Å². The number of H-pyrrole nitrogens is 1. The first kappa shape index (κ1) is 14.0. The molecule has 0 bridgehead atoms. The molecule has 9 heteroatoms. The Bertz CT molecular complexity index is 508. The zero-order chi connectivity index (χ0) is 13.9. The van der Waals surface area contributed by atoms with Crippen LogP contribution in [0.25, 0.3) is 0 Å². The van der Waals surface area contributed by atoms with Crippen molar-refractivity contribution < 1.29 is 31.8 Å². The normalized spacial score (nSPS) is 11.2. The lowest BCUT2D eigenvalue weighted by atomic mass is 10.2. The van der Waals surface area contributed by atoms with Crippen LogP contribution in [0.15, 0.2) is 10.9 Å². The van der Waals surface area contributed by atoms with Gasteiger partial charge in [-0.05, 0) is 0 Å². The summed E-state index contributed by atoms with van der Waals surface area (Å²) >= 11 is 0. The third-order valence-corrected chi connectivity index (χ3v) is 1.80. The molecule has 0 aliphatic carbocycles. The number of carbonyl (C=O) groups excluding carboxylic acids is 1. The Morgan fingerprint density at radius 3 is 2.50 bits per heavy atom. The van der Waals surface area contributed by atoms with Gasteiger partial charge in [0.25, 0.3) is 0 Å². The minimum absolute atomic E-state index is 0.452. The molecule has 1 aromatic heterocycles. The van der Waals surface area contributed by atoms with E-state index in [-0.39, 0.29) is 0 Å². The molecule has 0 unspecified atom stereocenters. The van der Waals surface area contributed by atoms with Gasteiger partial charge >= 0.3 is 12.3 Å². The minimum atomic E-state index is -5.14. The molecule has 1 N–H and O–H groups in total. The number of carbonyl (C=O) groups is 1. The summed E-state index contributed by atoms with van der Waals surface area (Å²) in [6.45, 7) is -1.22. The van der Waals surface area contributed by atoms with Crippen LogP contribution in [0.5, 0.6) is 5.88 Å². The van der Waals surface area contributed by atoms with Gasteiger partial charge in [0, 0.05) is 6.07 Å². The SMILES string of the molecule is COC(=O)c1c(OC(F)(F)F)[nH]c(CF)cc1=O. The molecule has 0 spiro atoms. The second-order valence-electron chi connectivity index (χ2n) is 3.04. The van der Waals surface area contributed by atoms with Crippen LogP contribution in [0.3, 0.4) is 0 Å². The molecule has 0 saturated carbocycles. The molecule has 0 aliphatic heterocycles. The zero-order valence-electron chi connectivity index (χ0n) is 8.93. The molecule has 0 radical (unpaired) electrons. The van der Waals surface area contributed by atoms with E-state index in [1.165, 1.54) is 0 Å². The van der Waals surface area contributed by atoms with Crippen molar-refractivity contribution in [3.8, 4) is 5.88 Å². The van der Waals surface area contributed by atoms with Crippen LogP contribution in [0, 0.1) is 0 Å². The number of halogens is 4. The largest absolute Gasteiger partial charge is 0.574 e. The summed E-state index contributed by atoms with van der Waals surface area (Å²) in [6, 6.07) is 0.648. The highest BCUT2D eigenvalue weighted by molar-refractivity contribution is 5.91. The second kappa shape index (κ2) is 5.07. The van der Waals surface area contributed by atoms with Gasteiger partial charge in [0.1, 0.15) is 6.67 Å². The number of methoxy groups -OCH3 is 1. The van der Waals surface area contributed by atoms with E-state index in [1.54, 1.807) is 0 Å². The minimum Gasteiger partial charge on any atom is -0.465 e. The quantitative estimate of drug-likeness (QED) is 0.667. The van der Waals surface area contributed by atoms with Gasteiger partial charge < -0.3 is 14.5 Å². The number of nitrogens with one attached hydrogen (secondary N) is 1. The molecule has 0 aromatic carbocycles. The van der Waals surface area contributed by atoms with E-state index < -0.39 is 41.6 Å². The van der Waals surface area contributed by atoms with Crippen LogP contribution >= 0.6 is 0 Å². The van der Waals surface area contributed by atoms with E-state index in [0.717, 1.165) is 7.11 Å². The van der Waals surface area contributed by atoms with E-state index in [4.69, 9.17) is 0 Å². The van der Waals surface area contributed by atoms with Crippen molar-refractivity contribution in [1.82, 2.24) is 4.98 Å². The van der Waals surface area contributed by atoms with E-state index in [2.05, 4.69) is 9.47 Å². The number of hydrogen-bond acceptors (Lipinski definition) is 4. The molecule has 1 aromatic rings. The molecule has 5 nitrogen and oxygen atoms in total. The van der Waals surface area contributed by atoms with Gasteiger partial charge in [-0.1, -0.05) is 0 Å². The van der Waals surface area contributed by atoms with E-state index in [9.17, 15) is 27.2 Å². The Labute approximate surface area is 97.3 Å². The fraction of sp³-hybridized carbons (Fsp3) is 0.333. The van der Waals surface area contributed by atoms with Crippen LogP contribution in [-0.4, -0.2) is 24.4 Å². The van der Waals surface area contributed by atoms with E-state index in [1.807, 2.05) is 4.98 Å². The lowest BCUT2D eigenvalue weighted by Gasteiger charge is -2.12. The first-order chi connectivity index (χ1) is 8.28. The smallest absolute Gasteiger partial charge is 0.465 e. The summed E-state index contributed by atoms with van der Waals surface area (Å²) in [6.07, 6.45) is -5.14. The summed E-state index contributed by atoms with van der Waals surface area (Å²) in [5, 5.41) is 0. The molecule has 0 saturated heterocycles. The van der Waals surface area contributed by atoms with Gasteiger partial charge in [0.05, 0.1) is 12.8 Å². The molecule has 1 rings (SSSR count). The fourth-order valence-corrected chi connectivity index (χ4v) is 1.15. The van der Waals surface area contributed by atoms with Crippen LogP contribution < -0.4 is 10.2 Å². The monoisotopic (exact) mass is 269 g/mol. The highest BCUT2D eigenvalue weighted by Gasteiger charge is 2.34. The Balaban J connectivity index is 3.39. The molecule has 0 aliphatic rings. The highest BCUT2D eigenvalue weighted by atomic mass is 19.4. The Morgan fingerprint density at radius 2 is 2.06 bits per heavy atom. The second-order valence-corrected chi connectivity index (χ2v) is 3.04. The fourth-order valence-electron chi connectivity index (χ4n) is 1.15. The van der Waals surface area contributed by atoms with Crippen LogP contribution in [0.1, 0.15) is 16.1 Å². The number of aromatic amines is 1. The molecular formula is C9H7F4NO4. The molecule has 0 amide bonds. The highest BCUT2D eigenvalue weighted by Crippen LogP contribution is 2.23. The Kier molecular flexibility index (Phi) is 3.94. The maximum absolute atomic E-state index is 12.3. The zero-order valence-corrected chi connectivity index (χ0v) is 8.93. The predicted octanol–water partition coefficient (Wildman–Crippen LogP) is 1.53.